The first-order chi connectivity index (χ1) is 23.1. The second kappa shape index (κ2) is 22.9. The van der Waals surface area contributed by atoms with Crippen LogP contribution in [0.15, 0.2) is 127 Å². The number of unbranched alkanes of at least 4 members (excludes halogenated alkanes) is 1. The lowest BCUT2D eigenvalue weighted by Gasteiger charge is -2.20. The van der Waals surface area contributed by atoms with Gasteiger partial charge in [-0.05, 0) is 68.5 Å². The Hall–Kier alpha value is -4.52. The number of carbonyl (C=O) groups is 1. The lowest BCUT2D eigenvalue weighted by atomic mass is 10.1. The zero-order valence-electron chi connectivity index (χ0n) is 27.1. The van der Waals surface area contributed by atoms with Gasteiger partial charge in [-0.15, -0.1) is 0 Å². The third-order valence-corrected chi connectivity index (χ3v) is 8.01. The first kappa shape index (κ1) is 36.9. The maximum Gasteiger partial charge on any atom is 0.381 e. The summed E-state index contributed by atoms with van der Waals surface area (Å²) in [6, 6.07) is 19.5. The van der Waals surface area contributed by atoms with Gasteiger partial charge in [-0.3, -0.25) is 14.9 Å². The van der Waals surface area contributed by atoms with Crippen LogP contribution in [0.2, 0.25) is 0 Å². The Morgan fingerprint density at radius 2 is 1.38 bits per heavy atom. The van der Waals surface area contributed by atoms with E-state index >= 15 is 0 Å². The van der Waals surface area contributed by atoms with Gasteiger partial charge in [-0.1, -0.05) is 104 Å². The van der Waals surface area contributed by atoms with E-state index in [-0.39, 0.29) is 11.6 Å². The maximum atomic E-state index is 12.4. The molecule has 8 nitrogen and oxygen atoms in total. The molecule has 0 aliphatic rings. The monoisotopic (exact) mass is 655 g/mol. The van der Waals surface area contributed by atoms with Gasteiger partial charge in [-0.25, -0.2) is 5.09 Å². The van der Waals surface area contributed by atoms with Gasteiger partial charge in [0, 0.05) is 37.0 Å². The summed E-state index contributed by atoms with van der Waals surface area (Å²) in [7, 11) is -1.67. The first-order valence-corrected chi connectivity index (χ1v) is 17.4. The van der Waals surface area contributed by atoms with Crippen molar-refractivity contribution in [3.05, 3.63) is 138 Å². The molecular weight excluding hydrogens is 609 g/mol. The molecule has 9 heteroatoms. The number of fused-ring (bicyclic) bond motifs is 1. The average Bonchev–Trinajstić information content (AvgIpc) is 3.08. The minimum atomic E-state index is -1.67. The summed E-state index contributed by atoms with van der Waals surface area (Å²) < 4.78 is 12.3. The third-order valence-electron chi connectivity index (χ3n) is 6.79. The van der Waals surface area contributed by atoms with E-state index in [1.165, 1.54) is 12.1 Å². The molecule has 3 aromatic rings. The molecule has 0 spiro atoms. The van der Waals surface area contributed by atoms with Gasteiger partial charge in [0.25, 0.3) is 5.69 Å². The highest BCUT2D eigenvalue weighted by molar-refractivity contribution is 7.45. The Balaban J connectivity index is 1.34. The number of hydrogen-bond donors (Lipinski definition) is 2. The largest absolute Gasteiger partial charge is 0.427 e. The number of allylic oxidation sites excluding steroid dienone is 10. The van der Waals surface area contributed by atoms with Crippen molar-refractivity contribution in [2.75, 3.05) is 13.1 Å². The van der Waals surface area contributed by atoms with Crippen molar-refractivity contribution in [2.24, 2.45) is 0 Å². The van der Waals surface area contributed by atoms with Crippen LogP contribution < -0.4 is 19.5 Å². The molecule has 248 valence electrons. The molecule has 0 aliphatic heterocycles. The second-order valence-electron chi connectivity index (χ2n) is 10.5. The average molecular weight is 656 g/mol. The van der Waals surface area contributed by atoms with Crippen LogP contribution >= 0.6 is 8.53 Å². The zero-order valence-corrected chi connectivity index (χ0v) is 28.0. The smallest absolute Gasteiger partial charge is 0.381 e. The fraction of sp³-hybridized carbons (Fsp3) is 0.289. The number of nitrogens with zero attached hydrogens (tertiary/aromatic N) is 1. The Labute approximate surface area is 280 Å². The number of hydrogen-bond acceptors (Lipinski definition) is 6. The molecule has 0 saturated carbocycles. The molecule has 47 heavy (non-hydrogen) atoms. The first-order valence-electron chi connectivity index (χ1n) is 16.2. The van der Waals surface area contributed by atoms with Gasteiger partial charge in [0.2, 0.25) is 5.91 Å². The van der Waals surface area contributed by atoms with E-state index in [1.54, 1.807) is 12.1 Å². The molecule has 3 rings (SSSR count). The highest BCUT2D eigenvalue weighted by Gasteiger charge is 2.17. The molecular formula is C38H46N3O5P. The molecule has 0 radical (unpaired) electrons. The van der Waals surface area contributed by atoms with Crippen molar-refractivity contribution in [2.45, 2.75) is 58.3 Å². The number of rotatable bonds is 22. The van der Waals surface area contributed by atoms with Crippen molar-refractivity contribution in [3.8, 4) is 11.5 Å². The Morgan fingerprint density at radius 1 is 0.766 bits per heavy atom. The summed E-state index contributed by atoms with van der Waals surface area (Å²) in [5.74, 6) is 1.09. The molecule has 0 aliphatic carbocycles. The summed E-state index contributed by atoms with van der Waals surface area (Å²) in [5.41, 5.74) is -0.0198. The van der Waals surface area contributed by atoms with Crippen LogP contribution in [0.5, 0.6) is 11.5 Å². The van der Waals surface area contributed by atoms with Crippen LogP contribution in [-0.4, -0.2) is 23.9 Å². The number of benzene rings is 3. The highest BCUT2D eigenvalue weighted by Crippen LogP contribution is 2.39. The van der Waals surface area contributed by atoms with Gasteiger partial charge in [0.05, 0.1) is 4.92 Å². The van der Waals surface area contributed by atoms with E-state index in [0.29, 0.717) is 31.0 Å². The lowest BCUT2D eigenvalue weighted by molar-refractivity contribution is -0.384. The van der Waals surface area contributed by atoms with Gasteiger partial charge in [-0.2, -0.15) is 0 Å². The maximum absolute atomic E-state index is 12.4. The summed E-state index contributed by atoms with van der Waals surface area (Å²) in [4.78, 5) is 22.9. The second-order valence-corrected chi connectivity index (χ2v) is 11.7. The quantitative estimate of drug-likeness (QED) is 0.0367. The van der Waals surface area contributed by atoms with Crippen LogP contribution in [0.4, 0.5) is 5.69 Å². The zero-order chi connectivity index (χ0) is 33.4. The van der Waals surface area contributed by atoms with Crippen LogP contribution in [-0.2, 0) is 4.79 Å². The Morgan fingerprint density at radius 3 is 2.04 bits per heavy atom. The predicted molar refractivity (Wildman–Crippen MR) is 195 cm³/mol. The van der Waals surface area contributed by atoms with Gasteiger partial charge >= 0.3 is 8.53 Å². The van der Waals surface area contributed by atoms with E-state index in [0.717, 1.165) is 55.7 Å². The van der Waals surface area contributed by atoms with Crippen LogP contribution in [0.1, 0.15) is 58.3 Å². The van der Waals surface area contributed by atoms with Crippen molar-refractivity contribution < 1.29 is 18.8 Å². The number of carbonyl (C=O) groups excluding carboxylic acids is 1. The Kier molecular flexibility index (Phi) is 18.0. The number of nitrogens with one attached hydrogen (secondary N) is 2. The fourth-order valence-electron chi connectivity index (χ4n) is 4.36. The van der Waals surface area contributed by atoms with Gasteiger partial charge in [0.1, 0.15) is 11.5 Å². The third kappa shape index (κ3) is 15.6. The SMILES string of the molecule is CC/C=C\C/C=C\C/C=C\C/C=C\C/C=C\CCCC(=O)NCCNP(Oc1ccc([N+](=O)[O-])cc1)Oc1cccc2ccccc12. The summed E-state index contributed by atoms with van der Waals surface area (Å²) >= 11 is 0. The van der Waals surface area contributed by atoms with Crippen LogP contribution in [0, 0.1) is 10.1 Å². The van der Waals surface area contributed by atoms with Crippen molar-refractivity contribution in [1.29, 1.82) is 0 Å². The molecule has 0 bridgehead atoms. The number of non-ortho nitro benzene ring substituents is 1. The van der Waals surface area contributed by atoms with Crippen molar-refractivity contribution in [3.63, 3.8) is 0 Å². The highest BCUT2D eigenvalue weighted by atomic mass is 31.2. The van der Waals surface area contributed by atoms with E-state index in [2.05, 4.69) is 78.1 Å². The molecule has 0 aromatic heterocycles. The normalized spacial score (nSPS) is 12.6. The fourth-order valence-corrected chi connectivity index (χ4v) is 5.47. The molecule has 2 N–H and O–H groups in total. The molecule has 0 fully saturated rings. The van der Waals surface area contributed by atoms with E-state index in [4.69, 9.17) is 9.05 Å². The minimum Gasteiger partial charge on any atom is -0.427 e. The lowest BCUT2D eigenvalue weighted by Crippen LogP contribution is -2.31. The van der Waals surface area contributed by atoms with E-state index < -0.39 is 13.4 Å². The standard InChI is InChI=1S/C38H46N3O5P/c1-2-3-4-5-6-7-8-9-10-11-12-13-14-15-16-17-18-26-38(42)39-31-32-40-47(45-35-29-27-34(28-30-35)41(43)44)46-37-25-21-23-33-22-19-20-24-36(33)37/h3-4,6-7,9-10,12-13,15-16,19-25,27-30,40H,2,5,8,11,14,17-18,26,31-32H2,1H3,(H,39,42)/b4-3-,7-6-,10-9-,13-12-,16-15-. The molecule has 0 saturated heterocycles. The van der Waals surface area contributed by atoms with Crippen molar-refractivity contribution >= 4 is 30.9 Å². The van der Waals surface area contributed by atoms with Gasteiger partial charge < -0.3 is 14.4 Å². The van der Waals surface area contributed by atoms with Crippen molar-refractivity contribution in [1.82, 2.24) is 10.4 Å². The topological polar surface area (TPSA) is 103 Å². The molecule has 1 unspecified atom stereocenters. The predicted octanol–water partition coefficient (Wildman–Crippen LogP) is 10.1. The van der Waals surface area contributed by atoms with E-state index in [9.17, 15) is 14.9 Å². The summed E-state index contributed by atoms with van der Waals surface area (Å²) in [6.07, 6.45) is 28.7. The number of nitro groups is 1. The molecule has 3 aromatic carbocycles. The minimum absolute atomic E-state index is 0.00487. The number of amides is 1. The van der Waals surface area contributed by atoms with Crippen LogP contribution in [0.25, 0.3) is 10.8 Å². The number of nitro benzene ring substituents is 1. The molecule has 1 amide bonds. The molecule has 1 atom stereocenters. The summed E-state index contributed by atoms with van der Waals surface area (Å²) in [6.45, 7) is 2.97. The van der Waals surface area contributed by atoms with E-state index in [1.807, 2.05) is 42.5 Å². The molecule has 0 heterocycles. The van der Waals surface area contributed by atoms with Crippen LogP contribution in [0.3, 0.4) is 0 Å². The van der Waals surface area contributed by atoms with Gasteiger partial charge in [0.15, 0.2) is 0 Å². The Bertz CT molecular complexity index is 1510. The summed E-state index contributed by atoms with van der Waals surface area (Å²) in [5, 5.41) is 19.2.